The molecule has 192 valence electrons. The van der Waals surface area contributed by atoms with Crippen molar-refractivity contribution in [2.45, 2.75) is 25.9 Å². The molecule has 0 aliphatic heterocycles. The van der Waals surface area contributed by atoms with Gasteiger partial charge in [-0.1, -0.05) is 6.07 Å². The summed E-state index contributed by atoms with van der Waals surface area (Å²) in [6, 6.07) is 13.3. The maximum absolute atomic E-state index is 13.0. The Morgan fingerprint density at radius 3 is 2.42 bits per heavy atom. The molecule has 0 atom stereocenters. The first-order valence-corrected chi connectivity index (χ1v) is 11.9. The number of aryl methyl sites for hydroxylation is 1. The first kappa shape index (κ1) is 25.1. The summed E-state index contributed by atoms with van der Waals surface area (Å²) in [4.78, 5) is 37.0. The van der Waals surface area contributed by atoms with Crippen LogP contribution in [0.4, 0.5) is 24.7 Å². The Morgan fingerprint density at radius 1 is 0.895 bits per heavy atom. The summed E-state index contributed by atoms with van der Waals surface area (Å²) in [6.07, 6.45) is 2.22. The highest BCUT2D eigenvalue weighted by Gasteiger charge is 2.32. The molecule has 4 aromatic rings. The Labute approximate surface area is 216 Å². The van der Waals surface area contributed by atoms with Crippen molar-refractivity contribution in [1.82, 2.24) is 15.0 Å². The predicted octanol–water partition coefficient (Wildman–Crippen LogP) is 6.13. The zero-order valence-corrected chi connectivity index (χ0v) is 20.2. The quantitative estimate of drug-likeness (QED) is 0.321. The third kappa shape index (κ3) is 5.69. The highest BCUT2D eigenvalue weighted by atomic mass is 19.4. The van der Waals surface area contributed by atoms with E-state index in [2.05, 4.69) is 25.6 Å². The van der Waals surface area contributed by atoms with Crippen molar-refractivity contribution >= 4 is 23.3 Å². The van der Waals surface area contributed by atoms with Gasteiger partial charge in [-0.3, -0.25) is 19.6 Å². The third-order valence-corrected chi connectivity index (χ3v) is 6.15. The van der Waals surface area contributed by atoms with Crippen LogP contribution in [0.3, 0.4) is 0 Å². The van der Waals surface area contributed by atoms with E-state index in [0.29, 0.717) is 23.4 Å². The summed E-state index contributed by atoms with van der Waals surface area (Å²) in [5.41, 5.74) is 3.21. The molecule has 1 aromatic carbocycles. The summed E-state index contributed by atoms with van der Waals surface area (Å²) in [5, 5.41) is 5.49. The molecule has 7 nitrogen and oxygen atoms in total. The molecule has 5 rings (SSSR count). The van der Waals surface area contributed by atoms with Crippen LogP contribution in [-0.4, -0.2) is 26.8 Å². The molecule has 0 unspecified atom stereocenters. The minimum atomic E-state index is -4.60. The fraction of sp³-hybridized carbons (Fsp3) is 0.179. The minimum Gasteiger partial charge on any atom is -0.322 e. The molecule has 0 radical (unpaired) electrons. The van der Waals surface area contributed by atoms with Crippen LogP contribution in [0.2, 0.25) is 0 Å². The molecule has 2 amide bonds. The van der Waals surface area contributed by atoms with Crippen LogP contribution < -0.4 is 10.6 Å². The molecule has 0 saturated heterocycles. The van der Waals surface area contributed by atoms with E-state index >= 15 is 0 Å². The molecule has 3 heterocycles. The van der Waals surface area contributed by atoms with Crippen molar-refractivity contribution in [2.24, 2.45) is 5.92 Å². The molecule has 0 spiro atoms. The number of rotatable bonds is 6. The van der Waals surface area contributed by atoms with Crippen molar-refractivity contribution in [3.63, 3.8) is 0 Å². The van der Waals surface area contributed by atoms with Gasteiger partial charge in [-0.05, 0) is 78.9 Å². The largest absolute Gasteiger partial charge is 0.417 e. The number of nitrogens with one attached hydrogen (secondary N) is 2. The van der Waals surface area contributed by atoms with Crippen LogP contribution >= 0.6 is 0 Å². The number of halogens is 3. The third-order valence-electron chi connectivity index (χ3n) is 6.15. The normalized spacial score (nSPS) is 13.2. The number of carbonyl (C=O) groups is 2. The number of aromatic nitrogens is 3. The van der Waals surface area contributed by atoms with Gasteiger partial charge in [0, 0.05) is 42.0 Å². The van der Waals surface area contributed by atoms with E-state index in [4.69, 9.17) is 0 Å². The molecular formula is C28H22F3N5O2. The summed E-state index contributed by atoms with van der Waals surface area (Å²) in [5.74, 6) is -0.225. The van der Waals surface area contributed by atoms with Crippen LogP contribution in [0.1, 0.15) is 34.3 Å². The Balaban J connectivity index is 1.38. The second-order valence-corrected chi connectivity index (χ2v) is 9.07. The Morgan fingerprint density at radius 2 is 1.66 bits per heavy atom. The number of alkyl halides is 3. The van der Waals surface area contributed by atoms with Crippen molar-refractivity contribution in [1.29, 1.82) is 0 Å². The van der Waals surface area contributed by atoms with E-state index in [-0.39, 0.29) is 17.4 Å². The molecule has 1 fully saturated rings. The van der Waals surface area contributed by atoms with Gasteiger partial charge >= 0.3 is 6.18 Å². The van der Waals surface area contributed by atoms with E-state index < -0.39 is 17.6 Å². The average Bonchev–Trinajstić information content (AvgIpc) is 3.75. The average molecular weight is 518 g/mol. The van der Waals surface area contributed by atoms with Crippen molar-refractivity contribution in [3.8, 4) is 22.4 Å². The molecular weight excluding hydrogens is 495 g/mol. The van der Waals surface area contributed by atoms with E-state index in [0.717, 1.165) is 47.4 Å². The summed E-state index contributed by atoms with van der Waals surface area (Å²) < 4.78 is 39.0. The van der Waals surface area contributed by atoms with Gasteiger partial charge in [0.2, 0.25) is 5.91 Å². The smallest absolute Gasteiger partial charge is 0.322 e. The number of pyridine rings is 3. The fourth-order valence-corrected chi connectivity index (χ4v) is 3.92. The van der Waals surface area contributed by atoms with Gasteiger partial charge in [0.1, 0.15) is 5.82 Å². The lowest BCUT2D eigenvalue weighted by Gasteiger charge is -2.12. The van der Waals surface area contributed by atoms with Crippen LogP contribution in [-0.2, 0) is 11.0 Å². The monoisotopic (exact) mass is 517 g/mol. The molecule has 1 aliphatic rings. The highest BCUT2D eigenvalue weighted by molar-refractivity contribution is 6.04. The van der Waals surface area contributed by atoms with Crippen LogP contribution in [0.25, 0.3) is 22.4 Å². The first-order valence-electron chi connectivity index (χ1n) is 11.9. The molecule has 38 heavy (non-hydrogen) atoms. The van der Waals surface area contributed by atoms with Crippen molar-refractivity contribution in [2.75, 3.05) is 10.6 Å². The van der Waals surface area contributed by atoms with Gasteiger partial charge in [-0.15, -0.1) is 0 Å². The Bertz CT molecular complexity index is 1530. The number of nitrogens with zero attached hydrogens (tertiary/aromatic N) is 3. The maximum Gasteiger partial charge on any atom is 0.417 e. The molecule has 0 bridgehead atoms. The molecule has 2 N–H and O–H groups in total. The minimum absolute atomic E-state index is 0.0354. The van der Waals surface area contributed by atoms with Crippen molar-refractivity contribution < 1.29 is 22.8 Å². The summed E-state index contributed by atoms with van der Waals surface area (Å²) in [7, 11) is 0. The lowest BCUT2D eigenvalue weighted by atomic mass is 9.99. The second kappa shape index (κ2) is 10.0. The molecule has 1 saturated carbocycles. The number of amides is 2. The SMILES string of the molecule is Cc1ccc(NC(=O)c2cncc(C(F)(F)F)c2)cc1-c1ccnc(-c2ccnc(NC(=O)C3CC3)c2)c1. The van der Waals surface area contributed by atoms with E-state index in [9.17, 15) is 22.8 Å². The number of carbonyl (C=O) groups excluding carboxylic acids is 2. The van der Waals surface area contributed by atoms with E-state index in [1.54, 1.807) is 36.7 Å². The molecule has 10 heteroatoms. The van der Waals surface area contributed by atoms with Gasteiger partial charge in [0.05, 0.1) is 16.8 Å². The van der Waals surface area contributed by atoms with Crippen molar-refractivity contribution in [3.05, 3.63) is 90.0 Å². The highest BCUT2D eigenvalue weighted by Crippen LogP contribution is 2.32. The van der Waals surface area contributed by atoms with Gasteiger partial charge < -0.3 is 10.6 Å². The number of anilines is 2. The molecule has 1 aliphatic carbocycles. The molecule has 3 aromatic heterocycles. The van der Waals surface area contributed by atoms with Gasteiger partial charge in [-0.2, -0.15) is 13.2 Å². The van der Waals surface area contributed by atoms with Gasteiger partial charge in [-0.25, -0.2) is 4.98 Å². The zero-order valence-electron chi connectivity index (χ0n) is 20.2. The van der Waals surface area contributed by atoms with E-state index in [1.165, 1.54) is 0 Å². The van der Waals surface area contributed by atoms with E-state index in [1.807, 2.05) is 25.1 Å². The van der Waals surface area contributed by atoms with Crippen LogP contribution in [0.15, 0.2) is 73.3 Å². The lowest BCUT2D eigenvalue weighted by Crippen LogP contribution is -2.14. The standard InChI is InChI=1S/C28H22F3N5O2/c1-16-2-5-22(35-27(38)20-10-21(15-32-14-20)28(29,30)31)13-23(16)18-6-8-33-24(11-18)19-7-9-34-25(12-19)36-26(37)17-3-4-17/h2,5-15,17H,3-4H2,1H3,(H,35,38)(H,34,36,37). The topological polar surface area (TPSA) is 96.9 Å². The van der Waals surface area contributed by atoms with Crippen LogP contribution in [0, 0.1) is 12.8 Å². The fourth-order valence-electron chi connectivity index (χ4n) is 3.92. The predicted molar refractivity (Wildman–Crippen MR) is 136 cm³/mol. The number of benzene rings is 1. The number of hydrogen-bond acceptors (Lipinski definition) is 5. The number of hydrogen-bond donors (Lipinski definition) is 2. The second-order valence-electron chi connectivity index (χ2n) is 9.07. The van der Waals surface area contributed by atoms with Crippen LogP contribution in [0.5, 0.6) is 0 Å². The first-order chi connectivity index (χ1) is 18.2. The Hall–Kier alpha value is -4.60. The Kier molecular flexibility index (Phi) is 6.62. The lowest BCUT2D eigenvalue weighted by molar-refractivity contribution is -0.137. The van der Waals surface area contributed by atoms with Gasteiger partial charge in [0.25, 0.3) is 5.91 Å². The summed E-state index contributed by atoms with van der Waals surface area (Å²) in [6.45, 7) is 1.91. The maximum atomic E-state index is 13.0. The zero-order chi connectivity index (χ0) is 26.9. The van der Waals surface area contributed by atoms with Gasteiger partial charge in [0.15, 0.2) is 0 Å². The summed E-state index contributed by atoms with van der Waals surface area (Å²) >= 11 is 0.